The summed E-state index contributed by atoms with van der Waals surface area (Å²) < 4.78 is 0. The molecule has 0 radical (unpaired) electrons. The second-order valence-electron chi connectivity index (χ2n) is 9.69. The minimum atomic E-state index is -1.60. The highest BCUT2D eigenvalue weighted by molar-refractivity contribution is 5.95. The topological polar surface area (TPSA) is 350 Å². The Labute approximate surface area is 261 Å². The van der Waals surface area contributed by atoms with Crippen molar-refractivity contribution in [2.75, 3.05) is 20.1 Å². The van der Waals surface area contributed by atoms with E-state index < -0.39 is 142 Å². The second-order valence-corrected chi connectivity index (χ2v) is 9.69. The minimum absolute atomic E-state index is 0.288. The Morgan fingerprint density at radius 2 is 0.848 bits per heavy atom. The molecular formula is C25H39N7O14. The van der Waals surface area contributed by atoms with Crippen molar-refractivity contribution in [3.05, 3.63) is 0 Å². The molecule has 0 unspecified atom stereocenters. The SMILES string of the molecule is CNC(=O)CNC(=O)[C@H](CCC(=O)O)NC(=O)[C@H](CCC(=O)O)NC(=O)CNC(=O)[C@H](CCC(=O)O)NC(=O)[C@@H](N)CCC(=O)O. The number of hydrogen-bond acceptors (Lipinski definition) is 11. The zero-order valence-corrected chi connectivity index (χ0v) is 24.8. The van der Waals surface area contributed by atoms with Crippen LogP contribution in [0, 0.1) is 0 Å². The van der Waals surface area contributed by atoms with Gasteiger partial charge in [-0.3, -0.25) is 47.9 Å². The molecule has 0 aromatic carbocycles. The zero-order valence-electron chi connectivity index (χ0n) is 24.8. The predicted molar refractivity (Wildman–Crippen MR) is 151 cm³/mol. The van der Waals surface area contributed by atoms with Crippen LogP contribution in [0.25, 0.3) is 0 Å². The van der Waals surface area contributed by atoms with E-state index in [-0.39, 0.29) is 6.42 Å². The number of amides is 6. The Morgan fingerprint density at radius 3 is 1.24 bits per heavy atom. The fourth-order valence-corrected chi connectivity index (χ4v) is 3.49. The molecule has 0 aliphatic rings. The van der Waals surface area contributed by atoms with Crippen LogP contribution in [-0.2, 0) is 47.9 Å². The maximum Gasteiger partial charge on any atom is 0.303 e. The Bertz CT molecular complexity index is 1160. The summed E-state index contributed by atoms with van der Waals surface area (Å²) in [5.41, 5.74) is 5.61. The summed E-state index contributed by atoms with van der Waals surface area (Å²) in [6.07, 6.45) is -3.94. The van der Waals surface area contributed by atoms with Crippen molar-refractivity contribution in [2.45, 2.75) is 75.5 Å². The Balaban J connectivity index is 5.58. The van der Waals surface area contributed by atoms with E-state index in [2.05, 4.69) is 31.9 Å². The lowest BCUT2D eigenvalue weighted by atomic mass is 10.1. The molecule has 21 heteroatoms. The lowest BCUT2D eigenvalue weighted by Crippen LogP contribution is -2.56. The number of aliphatic carboxylic acids is 4. The highest BCUT2D eigenvalue weighted by atomic mass is 16.4. The van der Waals surface area contributed by atoms with Crippen LogP contribution in [0.5, 0.6) is 0 Å². The highest BCUT2D eigenvalue weighted by Gasteiger charge is 2.29. The first-order valence-electron chi connectivity index (χ1n) is 13.8. The first-order valence-corrected chi connectivity index (χ1v) is 13.8. The van der Waals surface area contributed by atoms with E-state index in [1.54, 1.807) is 0 Å². The van der Waals surface area contributed by atoms with E-state index in [9.17, 15) is 47.9 Å². The van der Waals surface area contributed by atoms with Gasteiger partial charge >= 0.3 is 23.9 Å². The van der Waals surface area contributed by atoms with Gasteiger partial charge in [-0.25, -0.2) is 0 Å². The fraction of sp³-hybridized carbons (Fsp3) is 0.600. The Kier molecular flexibility index (Phi) is 18.9. The molecule has 0 fully saturated rings. The van der Waals surface area contributed by atoms with Crippen LogP contribution in [0.3, 0.4) is 0 Å². The number of carbonyl (C=O) groups excluding carboxylic acids is 6. The maximum absolute atomic E-state index is 13.0. The van der Waals surface area contributed by atoms with Gasteiger partial charge in [0.15, 0.2) is 0 Å². The zero-order chi connectivity index (χ0) is 35.4. The molecule has 46 heavy (non-hydrogen) atoms. The standard InChI is InChI=1S/C25H39N7O14/c1-27-16(33)10-28-24(45)14(4-8-20(39)40)32-25(46)15(5-9-21(41)42)30-17(34)11-29-23(44)13(3-7-19(37)38)31-22(43)12(26)2-6-18(35)36/h12-15H,2-11,26H2,1H3,(H,27,33)(H,28,45)(H,29,44)(H,30,34)(H,31,43)(H,32,46)(H,35,36)(H,37,38)(H,39,40)(H,41,42)/t12-,13-,14-,15-/m0/s1. The van der Waals surface area contributed by atoms with Crippen LogP contribution in [0.1, 0.15) is 51.4 Å². The van der Waals surface area contributed by atoms with Gasteiger partial charge in [-0.15, -0.1) is 0 Å². The number of nitrogens with two attached hydrogens (primary N) is 1. The largest absolute Gasteiger partial charge is 0.481 e. The average Bonchev–Trinajstić information content (AvgIpc) is 2.98. The molecule has 0 heterocycles. The maximum atomic E-state index is 13.0. The van der Waals surface area contributed by atoms with E-state index in [0.29, 0.717) is 0 Å². The molecule has 0 saturated heterocycles. The molecular weight excluding hydrogens is 622 g/mol. The number of nitrogens with one attached hydrogen (secondary N) is 6. The number of carboxylic acid groups (broad SMARTS) is 4. The van der Waals surface area contributed by atoms with Crippen LogP contribution in [0.4, 0.5) is 0 Å². The number of hydrogen-bond donors (Lipinski definition) is 11. The van der Waals surface area contributed by atoms with E-state index >= 15 is 0 Å². The lowest BCUT2D eigenvalue weighted by molar-refractivity contribution is -0.140. The summed E-state index contributed by atoms with van der Waals surface area (Å²) in [5, 5.41) is 48.9. The smallest absolute Gasteiger partial charge is 0.303 e. The molecule has 21 nitrogen and oxygen atoms in total. The van der Waals surface area contributed by atoms with Crippen molar-refractivity contribution >= 4 is 59.3 Å². The van der Waals surface area contributed by atoms with Gasteiger partial charge in [0, 0.05) is 32.7 Å². The molecule has 0 aliphatic carbocycles. The third-order valence-electron chi connectivity index (χ3n) is 5.99. The lowest BCUT2D eigenvalue weighted by Gasteiger charge is -2.23. The van der Waals surface area contributed by atoms with Gasteiger partial charge in [0.25, 0.3) is 0 Å². The first kappa shape index (κ1) is 40.7. The molecule has 258 valence electrons. The van der Waals surface area contributed by atoms with E-state index in [4.69, 9.17) is 26.2 Å². The molecule has 0 saturated carbocycles. The molecule has 4 atom stereocenters. The summed E-state index contributed by atoms with van der Waals surface area (Å²) >= 11 is 0. The van der Waals surface area contributed by atoms with Crippen LogP contribution in [0.15, 0.2) is 0 Å². The van der Waals surface area contributed by atoms with Crippen LogP contribution < -0.4 is 37.6 Å². The van der Waals surface area contributed by atoms with Crippen molar-refractivity contribution in [3.8, 4) is 0 Å². The van der Waals surface area contributed by atoms with E-state index in [1.807, 2.05) is 0 Å². The number of likely N-dealkylation sites (N-methyl/N-ethyl adjacent to an activating group) is 1. The third kappa shape index (κ3) is 18.4. The molecule has 0 aliphatic heterocycles. The van der Waals surface area contributed by atoms with E-state index in [0.717, 1.165) is 0 Å². The summed E-state index contributed by atoms with van der Waals surface area (Å²) in [6.45, 7) is -1.36. The predicted octanol–water partition coefficient (Wildman–Crippen LogP) is -4.79. The molecule has 0 bridgehead atoms. The van der Waals surface area contributed by atoms with Crippen LogP contribution >= 0.6 is 0 Å². The summed E-state index contributed by atoms with van der Waals surface area (Å²) in [5.74, 6) is -10.9. The highest BCUT2D eigenvalue weighted by Crippen LogP contribution is 2.04. The van der Waals surface area contributed by atoms with Crippen LogP contribution in [-0.4, -0.2) is 124 Å². The summed E-state index contributed by atoms with van der Waals surface area (Å²) in [6, 6.07) is -5.97. The van der Waals surface area contributed by atoms with Crippen molar-refractivity contribution in [2.24, 2.45) is 5.73 Å². The monoisotopic (exact) mass is 661 g/mol. The average molecular weight is 662 g/mol. The molecule has 6 amide bonds. The normalized spacial score (nSPS) is 13.0. The molecule has 0 rings (SSSR count). The van der Waals surface area contributed by atoms with Crippen LogP contribution in [0.2, 0.25) is 0 Å². The van der Waals surface area contributed by atoms with Gasteiger partial charge < -0.3 is 58.1 Å². The van der Waals surface area contributed by atoms with Gasteiger partial charge in [-0.1, -0.05) is 0 Å². The molecule has 0 spiro atoms. The quantitative estimate of drug-likeness (QED) is 0.0489. The second kappa shape index (κ2) is 21.4. The van der Waals surface area contributed by atoms with Gasteiger partial charge in [0.2, 0.25) is 35.4 Å². The van der Waals surface area contributed by atoms with Crippen molar-refractivity contribution in [3.63, 3.8) is 0 Å². The van der Waals surface area contributed by atoms with Gasteiger partial charge in [-0.2, -0.15) is 0 Å². The first-order chi connectivity index (χ1) is 21.5. The summed E-state index contributed by atoms with van der Waals surface area (Å²) in [4.78, 5) is 118. The Morgan fingerprint density at radius 1 is 0.500 bits per heavy atom. The van der Waals surface area contributed by atoms with Crippen molar-refractivity contribution in [1.82, 2.24) is 31.9 Å². The third-order valence-corrected chi connectivity index (χ3v) is 5.99. The van der Waals surface area contributed by atoms with Gasteiger partial charge in [-0.05, 0) is 25.7 Å². The fourth-order valence-electron chi connectivity index (χ4n) is 3.49. The van der Waals surface area contributed by atoms with Crippen molar-refractivity contribution in [1.29, 1.82) is 0 Å². The number of carbonyl (C=O) groups is 10. The molecule has 12 N–H and O–H groups in total. The minimum Gasteiger partial charge on any atom is -0.481 e. The number of rotatable bonds is 23. The van der Waals surface area contributed by atoms with Gasteiger partial charge in [0.1, 0.15) is 18.1 Å². The Hall–Kier alpha value is -5.34. The molecule has 0 aromatic rings. The van der Waals surface area contributed by atoms with E-state index in [1.165, 1.54) is 7.05 Å². The molecule has 0 aromatic heterocycles. The summed E-state index contributed by atoms with van der Waals surface area (Å²) in [7, 11) is 1.29. The number of carboxylic acids is 4. The van der Waals surface area contributed by atoms with Gasteiger partial charge in [0.05, 0.1) is 19.1 Å². The van der Waals surface area contributed by atoms with Crippen molar-refractivity contribution < 1.29 is 68.4 Å².